The summed E-state index contributed by atoms with van der Waals surface area (Å²) in [6, 6.07) is 8.74. The average molecular weight is 432 g/mol. The molecule has 0 radical (unpaired) electrons. The Morgan fingerprint density at radius 3 is 2.68 bits per heavy atom. The number of rotatable bonds is 5. The number of amides is 1. The van der Waals surface area contributed by atoms with Gasteiger partial charge in [0.1, 0.15) is 11.4 Å². The summed E-state index contributed by atoms with van der Waals surface area (Å²) in [5.74, 6) is 1.44. The van der Waals surface area contributed by atoms with Crippen molar-refractivity contribution >= 4 is 6.09 Å². The topological polar surface area (TPSA) is 65.5 Å². The molecule has 7 heteroatoms. The quantitative estimate of drug-likeness (QED) is 0.773. The Labute approximate surface area is 185 Å². The summed E-state index contributed by atoms with van der Waals surface area (Å²) in [4.78, 5) is 19.0. The first kappa shape index (κ1) is 22.4. The first-order valence-electron chi connectivity index (χ1n) is 11.6. The molecule has 0 unspecified atom stereocenters. The largest absolute Gasteiger partial charge is 0.493 e. The number of piperazine rings is 1. The van der Waals surface area contributed by atoms with Crippen molar-refractivity contribution in [2.45, 2.75) is 57.9 Å². The predicted octanol–water partition coefficient (Wildman–Crippen LogP) is 2.57. The van der Waals surface area contributed by atoms with Crippen molar-refractivity contribution in [2.75, 3.05) is 45.9 Å². The van der Waals surface area contributed by atoms with Crippen molar-refractivity contribution in [1.29, 1.82) is 0 Å². The van der Waals surface area contributed by atoms with Gasteiger partial charge in [-0.15, -0.1) is 0 Å². The number of carbonyl (C=O) groups is 1. The SMILES string of the molecule is CC(C)(C)OC(=O)N1CCN2C[C@H](COc3cccc(CN4CC(O)C4)c3)CC[C@@H]2C1. The zero-order valence-corrected chi connectivity index (χ0v) is 19.1. The van der Waals surface area contributed by atoms with E-state index in [1.807, 2.05) is 37.8 Å². The van der Waals surface area contributed by atoms with Crippen LogP contribution < -0.4 is 4.74 Å². The lowest BCUT2D eigenvalue weighted by atomic mass is 9.91. The number of nitrogens with zero attached hydrogens (tertiary/aromatic N) is 3. The van der Waals surface area contributed by atoms with E-state index in [4.69, 9.17) is 9.47 Å². The van der Waals surface area contributed by atoms with Gasteiger partial charge < -0.3 is 19.5 Å². The van der Waals surface area contributed by atoms with Gasteiger partial charge in [0, 0.05) is 57.8 Å². The molecule has 3 heterocycles. The number of aliphatic hydroxyl groups excluding tert-OH is 1. The lowest BCUT2D eigenvalue weighted by Crippen LogP contribution is -2.58. The third-order valence-corrected chi connectivity index (χ3v) is 6.39. The predicted molar refractivity (Wildman–Crippen MR) is 119 cm³/mol. The standard InChI is InChI=1S/C24H37N3O4/c1-24(2,3)31-23(29)27-10-9-26-13-19(7-8-20(26)14-27)17-30-22-6-4-5-18(11-22)12-25-15-21(28)16-25/h4-6,11,19-21,28H,7-10,12-17H2,1-3H3/t19-,20-/m1/s1. The highest BCUT2D eigenvalue weighted by molar-refractivity contribution is 5.68. The summed E-state index contributed by atoms with van der Waals surface area (Å²) in [6.45, 7) is 12.3. The zero-order valence-electron chi connectivity index (χ0n) is 19.1. The van der Waals surface area contributed by atoms with Crippen LogP contribution in [0.3, 0.4) is 0 Å². The Balaban J connectivity index is 1.22. The van der Waals surface area contributed by atoms with Crippen molar-refractivity contribution in [3.8, 4) is 5.75 Å². The van der Waals surface area contributed by atoms with E-state index in [2.05, 4.69) is 21.9 Å². The van der Waals surface area contributed by atoms with Gasteiger partial charge in [-0.25, -0.2) is 4.79 Å². The summed E-state index contributed by atoms with van der Waals surface area (Å²) in [6.07, 6.45) is 1.85. The molecule has 0 bridgehead atoms. The van der Waals surface area contributed by atoms with Gasteiger partial charge >= 0.3 is 6.09 Å². The van der Waals surface area contributed by atoms with Crippen LogP contribution in [0.25, 0.3) is 0 Å². The number of hydrogen-bond acceptors (Lipinski definition) is 6. The molecule has 2 atom stereocenters. The van der Waals surface area contributed by atoms with Crippen molar-refractivity contribution in [3.63, 3.8) is 0 Å². The average Bonchev–Trinajstić information content (AvgIpc) is 2.69. The van der Waals surface area contributed by atoms with E-state index in [-0.39, 0.29) is 12.2 Å². The number of likely N-dealkylation sites (tertiary alicyclic amines) is 1. The Bertz CT molecular complexity index is 759. The maximum absolute atomic E-state index is 12.4. The molecule has 31 heavy (non-hydrogen) atoms. The van der Waals surface area contributed by atoms with Gasteiger partial charge in [-0.2, -0.15) is 0 Å². The first-order chi connectivity index (χ1) is 14.7. The van der Waals surface area contributed by atoms with Crippen LogP contribution in [0.15, 0.2) is 24.3 Å². The number of β-amino-alcohol motifs (C(OH)–C–C–N with tert-alkyl or cyclic N) is 1. The zero-order chi connectivity index (χ0) is 22.0. The van der Waals surface area contributed by atoms with Gasteiger partial charge in [0.05, 0.1) is 12.7 Å². The highest BCUT2D eigenvalue weighted by Crippen LogP contribution is 2.27. The minimum Gasteiger partial charge on any atom is -0.493 e. The molecule has 0 aliphatic carbocycles. The molecular weight excluding hydrogens is 394 g/mol. The van der Waals surface area contributed by atoms with Crippen molar-refractivity contribution in [3.05, 3.63) is 29.8 Å². The minimum atomic E-state index is -0.447. The summed E-state index contributed by atoms with van der Waals surface area (Å²) in [7, 11) is 0. The molecular formula is C24H37N3O4. The Hall–Kier alpha value is -1.83. The van der Waals surface area contributed by atoms with Crippen LogP contribution in [0.2, 0.25) is 0 Å². The Kier molecular flexibility index (Phi) is 6.74. The molecule has 1 amide bonds. The van der Waals surface area contributed by atoms with Crippen LogP contribution in [0.5, 0.6) is 5.75 Å². The van der Waals surface area contributed by atoms with Gasteiger partial charge in [-0.3, -0.25) is 9.80 Å². The molecule has 4 rings (SSSR count). The van der Waals surface area contributed by atoms with Crippen molar-refractivity contribution in [2.24, 2.45) is 5.92 Å². The van der Waals surface area contributed by atoms with Crippen LogP contribution in [0.1, 0.15) is 39.2 Å². The lowest BCUT2D eigenvalue weighted by molar-refractivity contribution is -0.0123. The highest BCUT2D eigenvalue weighted by Gasteiger charge is 2.36. The van der Waals surface area contributed by atoms with Crippen LogP contribution in [-0.4, -0.2) is 89.5 Å². The Morgan fingerprint density at radius 1 is 1.13 bits per heavy atom. The van der Waals surface area contributed by atoms with E-state index in [0.29, 0.717) is 12.0 Å². The molecule has 3 aliphatic heterocycles. The van der Waals surface area contributed by atoms with Gasteiger partial charge in [-0.1, -0.05) is 12.1 Å². The summed E-state index contributed by atoms with van der Waals surface area (Å²) >= 11 is 0. The maximum atomic E-state index is 12.4. The molecule has 0 spiro atoms. The minimum absolute atomic E-state index is 0.166. The smallest absolute Gasteiger partial charge is 0.410 e. The highest BCUT2D eigenvalue weighted by atomic mass is 16.6. The van der Waals surface area contributed by atoms with Crippen LogP contribution in [-0.2, 0) is 11.3 Å². The number of aliphatic hydroxyl groups is 1. The van der Waals surface area contributed by atoms with E-state index in [1.165, 1.54) is 5.56 Å². The fraction of sp³-hybridized carbons (Fsp3) is 0.708. The Morgan fingerprint density at radius 2 is 1.94 bits per heavy atom. The second-order valence-corrected chi connectivity index (χ2v) is 10.3. The number of fused-ring (bicyclic) bond motifs is 1. The fourth-order valence-electron chi connectivity index (χ4n) is 4.76. The normalized spacial score (nSPS) is 25.6. The molecule has 3 saturated heterocycles. The molecule has 1 N–H and O–H groups in total. The van der Waals surface area contributed by atoms with Crippen LogP contribution >= 0.6 is 0 Å². The molecule has 3 aliphatic rings. The molecule has 1 aromatic carbocycles. The number of benzene rings is 1. The molecule has 172 valence electrons. The lowest BCUT2D eigenvalue weighted by Gasteiger charge is -2.46. The molecule has 0 aromatic heterocycles. The van der Waals surface area contributed by atoms with E-state index in [1.54, 1.807) is 0 Å². The number of piperidine rings is 1. The summed E-state index contributed by atoms with van der Waals surface area (Å²) in [5, 5.41) is 9.45. The second kappa shape index (κ2) is 9.35. The second-order valence-electron chi connectivity index (χ2n) is 10.3. The third-order valence-electron chi connectivity index (χ3n) is 6.39. The van der Waals surface area contributed by atoms with E-state index < -0.39 is 5.60 Å². The van der Waals surface area contributed by atoms with Gasteiger partial charge in [0.2, 0.25) is 0 Å². The van der Waals surface area contributed by atoms with Crippen molar-refractivity contribution in [1.82, 2.24) is 14.7 Å². The van der Waals surface area contributed by atoms with Gasteiger partial charge in [-0.05, 0) is 51.3 Å². The molecule has 3 fully saturated rings. The number of hydrogen-bond donors (Lipinski definition) is 1. The summed E-state index contributed by atoms with van der Waals surface area (Å²) in [5.41, 5.74) is 0.781. The van der Waals surface area contributed by atoms with E-state index in [9.17, 15) is 9.90 Å². The molecule has 0 saturated carbocycles. The fourth-order valence-corrected chi connectivity index (χ4v) is 4.76. The maximum Gasteiger partial charge on any atom is 0.410 e. The van der Waals surface area contributed by atoms with Crippen LogP contribution in [0.4, 0.5) is 4.79 Å². The third kappa shape index (κ3) is 6.11. The van der Waals surface area contributed by atoms with Gasteiger partial charge in [0.25, 0.3) is 0 Å². The summed E-state index contributed by atoms with van der Waals surface area (Å²) < 4.78 is 11.7. The number of ether oxygens (including phenoxy) is 2. The molecule has 7 nitrogen and oxygen atoms in total. The van der Waals surface area contributed by atoms with Crippen LogP contribution in [0, 0.1) is 5.92 Å². The molecule has 1 aromatic rings. The van der Waals surface area contributed by atoms with Crippen molar-refractivity contribution < 1.29 is 19.4 Å². The van der Waals surface area contributed by atoms with E-state index >= 15 is 0 Å². The first-order valence-corrected chi connectivity index (χ1v) is 11.6. The monoisotopic (exact) mass is 431 g/mol. The van der Waals surface area contributed by atoms with E-state index in [0.717, 1.165) is 71.0 Å². The van der Waals surface area contributed by atoms with Gasteiger partial charge in [0.15, 0.2) is 0 Å². The number of carbonyl (C=O) groups excluding carboxylic acids is 1.